The highest BCUT2D eigenvalue weighted by molar-refractivity contribution is 4.75. The minimum atomic E-state index is 0.0155. The van der Waals surface area contributed by atoms with E-state index in [0.717, 1.165) is 18.9 Å². The Kier molecular flexibility index (Phi) is 8.89. The second kappa shape index (κ2) is 8.93. The molecule has 0 aliphatic rings. The maximum atomic E-state index is 5.50. The maximum absolute atomic E-state index is 5.50. The molecule has 0 aromatic rings. The summed E-state index contributed by atoms with van der Waals surface area (Å²) < 4.78 is 5.50. The molecule has 2 unspecified atom stereocenters. The highest BCUT2D eigenvalue weighted by atomic mass is 16.5. The van der Waals surface area contributed by atoms with E-state index in [1.807, 2.05) is 7.11 Å². The largest absolute Gasteiger partial charge is 0.379 e. The lowest BCUT2D eigenvalue weighted by atomic mass is 9.92. The van der Waals surface area contributed by atoms with Crippen molar-refractivity contribution in [1.29, 1.82) is 0 Å². The van der Waals surface area contributed by atoms with E-state index in [2.05, 4.69) is 39.9 Å². The van der Waals surface area contributed by atoms with Crippen molar-refractivity contribution in [1.82, 2.24) is 5.32 Å². The highest BCUT2D eigenvalue weighted by Crippen LogP contribution is 2.20. The molecule has 2 heteroatoms. The zero-order chi connectivity index (χ0) is 13.3. The summed E-state index contributed by atoms with van der Waals surface area (Å²) in [7, 11) is 1.81. The summed E-state index contributed by atoms with van der Waals surface area (Å²) in [4.78, 5) is 0. The second-order valence-corrected chi connectivity index (χ2v) is 5.90. The first kappa shape index (κ1) is 16.9. The Labute approximate surface area is 109 Å². The molecule has 0 aliphatic heterocycles. The lowest BCUT2D eigenvalue weighted by Gasteiger charge is -2.27. The minimum absolute atomic E-state index is 0.0155. The molecule has 2 nitrogen and oxygen atoms in total. The third-order valence-electron chi connectivity index (χ3n) is 3.71. The van der Waals surface area contributed by atoms with Crippen LogP contribution in [0.1, 0.15) is 66.7 Å². The molecule has 0 aromatic carbocycles. The van der Waals surface area contributed by atoms with E-state index < -0.39 is 0 Å². The first-order valence-corrected chi connectivity index (χ1v) is 7.23. The molecule has 0 heterocycles. The predicted molar refractivity (Wildman–Crippen MR) is 76.5 cm³/mol. The molecule has 17 heavy (non-hydrogen) atoms. The van der Waals surface area contributed by atoms with Gasteiger partial charge in [-0.3, -0.25) is 0 Å². The van der Waals surface area contributed by atoms with E-state index in [1.54, 1.807) is 0 Å². The van der Waals surface area contributed by atoms with Gasteiger partial charge in [-0.2, -0.15) is 0 Å². The number of hydrogen-bond acceptors (Lipinski definition) is 2. The standard InChI is InChI=1S/C15H33NO/c1-7-11-16-14(12-13(3)8-2)9-10-15(4,5)17-6/h13-14,16H,7-12H2,1-6H3. The van der Waals surface area contributed by atoms with Crippen LogP contribution in [0.4, 0.5) is 0 Å². The molecular weight excluding hydrogens is 210 g/mol. The summed E-state index contributed by atoms with van der Waals surface area (Å²) >= 11 is 0. The van der Waals surface area contributed by atoms with Crippen molar-refractivity contribution in [3.05, 3.63) is 0 Å². The molecular formula is C15H33NO. The zero-order valence-corrected chi connectivity index (χ0v) is 12.8. The van der Waals surface area contributed by atoms with Gasteiger partial charge in [0.15, 0.2) is 0 Å². The van der Waals surface area contributed by atoms with Gasteiger partial charge in [-0.15, -0.1) is 0 Å². The number of nitrogens with one attached hydrogen (secondary N) is 1. The Morgan fingerprint density at radius 1 is 1.24 bits per heavy atom. The van der Waals surface area contributed by atoms with Gasteiger partial charge in [-0.1, -0.05) is 27.2 Å². The molecule has 0 saturated carbocycles. The van der Waals surface area contributed by atoms with Crippen LogP contribution in [0.2, 0.25) is 0 Å². The van der Waals surface area contributed by atoms with Crippen molar-refractivity contribution in [2.24, 2.45) is 5.92 Å². The van der Waals surface area contributed by atoms with E-state index in [1.165, 1.54) is 25.7 Å². The zero-order valence-electron chi connectivity index (χ0n) is 12.8. The lowest BCUT2D eigenvalue weighted by Crippen LogP contribution is -2.34. The summed E-state index contributed by atoms with van der Waals surface area (Å²) in [5, 5.41) is 3.68. The summed E-state index contributed by atoms with van der Waals surface area (Å²) in [6.45, 7) is 12.3. The maximum Gasteiger partial charge on any atom is 0.0623 e. The van der Waals surface area contributed by atoms with Crippen LogP contribution >= 0.6 is 0 Å². The number of methoxy groups -OCH3 is 1. The Hall–Kier alpha value is -0.0800. The van der Waals surface area contributed by atoms with Gasteiger partial charge in [-0.05, 0) is 52.0 Å². The minimum Gasteiger partial charge on any atom is -0.379 e. The number of hydrogen-bond donors (Lipinski definition) is 1. The van der Waals surface area contributed by atoms with Crippen LogP contribution in [-0.4, -0.2) is 25.3 Å². The van der Waals surface area contributed by atoms with E-state index in [-0.39, 0.29) is 5.60 Å². The van der Waals surface area contributed by atoms with E-state index in [4.69, 9.17) is 4.74 Å². The highest BCUT2D eigenvalue weighted by Gasteiger charge is 2.19. The summed E-state index contributed by atoms with van der Waals surface area (Å²) in [6, 6.07) is 0.652. The van der Waals surface area contributed by atoms with Crippen molar-refractivity contribution in [2.45, 2.75) is 78.4 Å². The Morgan fingerprint density at radius 3 is 2.35 bits per heavy atom. The summed E-state index contributed by atoms with van der Waals surface area (Å²) in [6.07, 6.45) is 6.12. The SMILES string of the molecule is CCCNC(CCC(C)(C)OC)CC(C)CC. The van der Waals surface area contributed by atoms with Crippen molar-refractivity contribution in [3.8, 4) is 0 Å². The molecule has 0 saturated heterocycles. The van der Waals surface area contributed by atoms with Crippen molar-refractivity contribution in [2.75, 3.05) is 13.7 Å². The number of ether oxygens (including phenoxy) is 1. The van der Waals surface area contributed by atoms with E-state index >= 15 is 0 Å². The molecule has 104 valence electrons. The first-order valence-electron chi connectivity index (χ1n) is 7.23. The average molecular weight is 243 g/mol. The molecule has 0 fully saturated rings. The average Bonchev–Trinajstić information content (AvgIpc) is 2.32. The molecule has 0 spiro atoms. The van der Waals surface area contributed by atoms with Crippen molar-refractivity contribution in [3.63, 3.8) is 0 Å². The van der Waals surface area contributed by atoms with Gasteiger partial charge < -0.3 is 10.1 Å². The van der Waals surface area contributed by atoms with E-state index in [9.17, 15) is 0 Å². The molecule has 1 N–H and O–H groups in total. The fourth-order valence-corrected chi connectivity index (χ4v) is 1.93. The Morgan fingerprint density at radius 2 is 1.88 bits per heavy atom. The molecule has 0 bridgehead atoms. The topological polar surface area (TPSA) is 21.3 Å². The summed E-state index contributed by atoms with van der Waals surface area (Å²) in [5.41, 5.74) is 0.0155. The molecule has 0 rings (SSSR count). The van der Waals surface area contributed by atoms with Gasteiger partial charge in [0.25, 0.3) is 0 Å². The van der Waals surface area contributed by atoms with Crippen molar-refractivity contribution >= 4 is 0 Å². The molecule has 0 amide bonds. The normalized spacial score (nSPS) is 15.9. The van der Waals surface area contributed by atoms with Crippen LogP contribution in [0.15, 0.2) is 0 Å². The molecule has 0 radical (unpaired) electrons. The number of rotatable bonds is 10. The quantitative estimate of drug-likeness (QED) is 0.626. The molecule has 0 aromatic heterocycles. The Bertz CT molecular complexity index is 180. The second-order valence-electron chi connectivity index (χ2n) is 5.90. The van der Waals surface area contributed by atoms with Crippen molar-refractivity contribution < 1.29 is 4.74 Å². The van der Waals surface area contributed by atoms with Gasteiger partial charge >= 0.3 is 0 Å². The van der Waals surface area contributed by atoms with Crippen LogP contribution in [0.25, 0.3) is 0 Å². The van der Waals surface area contributed by atoms with Gasteiger partial charge in [0.05, 0.1) is 5.60 Å². The third kappa shape index (κ3) is 8.62. The fourth-order valence-electron chi connectivity index (χ4n) is 1.93. The lowest BCUT2D eigenvalue weighted by molar-refractivity contribution is 0.0112. The van der Waals surface area contributed by atoms with Gasteiger partial charge in [0.1, 0.15) is 0 Å². The first-order chi connectivity index (χ1) is 7.95. The van der Waals surface area contributed by atoms with E-state index in [0.29, 0.717) is 6.04 Å². The molecule has 0 aliphatic carbocycles. The molecule has 2 atom stereocenters. The predicted octanol–water partition coefficient (Wildman–Crippen LogP) is 4.00. The van der Waals surface area contributed by atoms with Gasteiger partial charge in [-0.25, -0.2) is 0 Å². The Balaban J connectivity index is 4.09. The summed E-state index contributed by atoms with van der Waals surface area (Å²) in [5.74, 6) is 0.815. The monoisotopic (exact) mass is 243 g/mol. The van der Waals surface area contributed by atoms with Crippen LogP contribution in [-0.2, 0) is 4.74 Å². The third-order valence-corrected chi connectivity index (χ3v) is 3.71. The van der Waals surface area contributed by atoms with Crippen LogP contribution < -0.4 is 5.32 Å². The smallest absolute Gasteiger partial charge is 0.0623 e. The van der Waals surface area contributed by atoms with Crippen LogP contribution in [0.5, 0.6) is 0 Å². The fraction of sp³-hybridized carbons (Fsp3) is 1.00. The van der Waals surface area contributed by atoms with Crippen LogP contribution in [0, 0.1) is 5.92 Å². The van der Waals surface area contributed by atoms with Gasteiger partial charge in [0, 0.05) is 13.2 Å². The van der Waals surface area contributed by atoms with Gasteiger partial charge in [0.2, 0.25) is 0 Å². The van der Waals surface area contributed by atoms with Crippen LogP contribution in [0.3, 0.4) is 0 Å².